The van der Waals surface area contributed by atoms with Crippen LogP contribution in [0.1, 0.15) is 41.5 Å². The van der Waals surface area contributed by atoms with Crippen LogP contribution in [-0.4, -0.2) is 28.0 Å². The van der Waals surface area contributed by atoms with Crippen LogP contribution in [0.4, 0.5) is 0 Å². The molecule has 0 spiro atoms. The molecule has 0 unspecified atom stereocenters. The van der Waals surface area contributed by atoms with E-state index in [1.807, 2.05) is 24.4 Å². The molecule has 2 aliphatic heterocycles. The zero-order valence-corrected chi connectivity index (χ0v) is 13.9. The molecule has 4 rings (SSSR count). The molecule has 2 aliphatic rings. The van der Waals surface area contributed by atoms with Crippen LogP contribution in [0.25, 0.3) is 0 Å². The van der Waals surface area contributed by atoms with Gasteiger partial charge < -0.3 is 5.32 Å². The summed E-state index contributed by atoms with van der Waals surface area (Å²) in [4.78, 5) is 11.9. The molecule has 23 heavy (non-hydrogen) atoms. The van der Waals surface area contributed by atoms with Gasteiger partial charge in [0.2, 0.25) is 0 Å². The van der Waals surface area contributed by atoms with E-state index in [1.165, 1.54) is 23.2 Å². The van der Waals surface area contributed by atoms with E-state index in [-0.39, 0.29) is 0 Å². The second kappa shape index (κ2) is 6.56. The zero-order valence-electron chi connectivity index (χ0n) is 13.1. The third kappa shape index (κ3) is 3.39. The van der Waals surface area contributed by atoms with Gasteiger partial charge >= 0.3 is 0 Å². The number of hydrogen-bond acceptors (Lipinski definition) is 4. The van der Waals surface area contributed by atoms with Gasteiger partial charge in [0.1, 0.15) is 5.82 Å². The first-order valence-corrected chi connectivity index (χ1v) is 8.70. The molecular weight excluding hydrogens is 308 g/mol. The average molecular weight is 329 g/mol. The number of aromatic nitrogens is 2. The van der Waals surface area contributed by atoms with E-state index in [0.29, 0.717) is 6.04 Å². The number of nitrogens with one attached hydrogen (secondary N) is 1. The molecule has 0 saturated carbocycles. The number of hydrogen-bond donors (Lipinski definition) is 1. The Morgan fingerprint density at radius 1 is 1.35 bits per heavy atom. The molecule has 0 amide bonds. The van der Waals surface area contributed by atoms with E-state index in [9.17, 15) is 0 Å². The van der Waals surface area contributed by atoms with Gasteiger partial charge in [0.25, 0.3) is 0 Å². The third-order valence-corrected chi connectivity index (χ3v) is 4.93. The van der Waals surface area contributed by atoms with E-state index >= 15 is 0 Å². The Morgan fingerprint density at radius 2 is 2.30 bits per heavy atom. The Kier molecular flexibility index (Phi) is 4.29. The summed E-state index contributed by atoms with van der Waals surface area (Å²) < 4.78 is 0. The van der Waals surface area contributed by atoms with Crippen LogP contribution in [0.3, 0.4) is 0 Å². The van der Waals surface area contributed by atoms with Gasteiger partial charge in [0, 0.05) is 48.5 Å². The highest BCUT2D eigenvalue weighted by molar-refractivity contribution is 6.30. The first-order valence-electron chi connectivity index (χ1n) is 8.33. The molecule has 0 aliphatic carbocycles. The summed E-state index contributed by atoms with van der Waals surface area (Å²) in [5.74, 6) is 0.976. The topological polar surface area (TPSA) is 41.1 Å². The Labute approximate surface area is 141 Å². The van der Waals surface area contributed by atoms with Crippen LogP contribution in [0, 0.1) is 0 Å². The molecule has 1 aromatic heterocycles. The van der Waals surface area contributed by atoms with Crippen molar-refractivity contribution < 1.29 is 0 Å². The molecule has 5 heteroatoms. The lowest BCUT2D eigenvalue weighted by Crippen LogP contribution is -2.31. The molecule has 2 aromatic rings. The normalized spacial score (nSPS) is 21.3. The number of rotatable bonds is 3. The van der Waals surface area contributed by atoms with Gasteiger partial charge in [0.05, 0.1) is 6.04 Å². The minimum Gasteiger partial charge on any atom is -0.307 e. The van der Waals surface area contributed by atoms with Crippen molar-refractivity contribution in [1.82, 2.24) is 20.2 Å². The first-order chi connectivity index (χ1) is 11.3. The Balaban J connectivity index is 1.47. The van der Waals surface area contributed by atoms with Crippen molar-refractivity contribution in [2.24, 2.45) is 0 Å². The Morgan fingerprint density at radius 3 is 3.13 bits per heavy atom. The van der Waals surface area contributed by atoms with E-state index in [2.05, 4.69) is 21.3 Å². The standard InChI is InChI=1S/C18H21ClN4/c19-15-4-1-3-13(9-15)11-23-8-6-16-14(12-23)10-21-18(22-16)17-5-2-7-20-17/h1,3-4,9-10,17,20H,2,5-8,11-12H2/t17-/m0/s1. The van der Waals surface area contributed by atoms with E-state index in [1.54, 1.807) is 0 Å². The quantitative estimate of drug-likeness (QED) is 0.940. The van der Waals surface area contributed by atoms with Crippen LogP contribution in [0.15, 0.2) is 30.5 Å². The second-order valence-corrected chi connectivity index (χ2v) is 6.88. The maximum absolute atomic E-state index is 6.08. The molecule has 1 N–H and O–H groups in total. The third-order valence-electron chi connectivity index (χ3n) is 4.70. The Hall–Kier alpha value is -1.49. The summed E-state index contributed by atoms with van der Waals surface area (Å²) in [6.45, 7) is 3.96. The molecule has 120 valence electrons. The fraction of sp³-hybridized carbons (Fsp3) is 0.444. The highest BCUT2D eigenvalue weighted by Crippen LogP contribution is 2.24. The smallest absolute Gasteiger partial charge is 0.145 e. The summed E-state index contributed by atoms with van der Waals surface area (Å²) in [5.41, 5.74) is 3.75. The van der Waals surface area contributed by atoms with Gasteiger partial charge in [-0.05, 0) is 37.1 Å². The lowest BCUT2D eigenvalue weighted by molar-refractivity contribution is 0.242. The molecule has 1 aromatic carbocycles. The summed E-state index contributed by atoms with van der Waals surface area (Å²) >= 11 is 6.08. The predicted molar refractivity (Wildman–Crippen MR) is 91.3 cm³/mol. The minimum atomic E-state index is 0.352. The van der Waals surface area contributed by atoms with Crippen LogP contribution in [0.2, 0.25) is 5.02 Å². The predicted octanol–water partition coefficient (Wildman–Crippen LogP) is 3.11. The monoisotopic (exact) mass is 328 g/mol. The highest BCUT2D eigenvalue weighted by atomic mass is 35.5. The van der Waals surface area contributed by atoms with Crippen molar-refractivity contribution in [2.45, 2.75) is 38.4 Å². The number of fused-ring (bicyclic) bond motifs is 1. The fourth-order valence-corrected chi connectivity index (χ4v) is 3.70. The van der Waals surface area contributed by atoms with Crippen molar-refractivity contribution in [3.05, 3.63) is 58.1 Å². The number of benzene rings is 1. The van der Waals surface area contributed by atoms with E-state index in [4.69, 9.17) is 16.6 Å². The summed E-state index contributed by atoms with van der Waals surface area (Å²) in [5, 5.41) is 4.28. The van der Waals surface area contributed by atoms with Crippen molar-refractivity contribution in [1.29, 1.82) is 0 Å². The molecule has 1 fully saturated rings. The highest BCUT2D eigenvalue weighted by Gasteiger charge is 2.23. The van der Waals surface area contributed by atoms with Crippen molar-refractivity contribution >= 4 is 11.6 Å². The van der Waals surface area contributed by atoms with Crippen LogP contribution < -0.4 is 5.32 Å². The van der Waals surface area contributed by atoms with Gasteiger partial charge in [0.15, 0.2) is 0 Å². The number of nitrogens with zero attached hydrogens (tertiary/aromatic N) is 3. The molecular formula is C18H21ClN4. The maximum Gasteiger partial charge on any atom is 0.145 e. The van der Waals surface area contributed by atoms with Gasteiger partial charge in [-0.25, -0.2) is 9.97 Å². The molecule has 1 atom stereocenters. The van der Waals surface area contributed by atoms with E-state index < -0.39 is 0 Å². The Bertz CT molecular complexity index is 697. The SMILES string of the molecule is Clc1cccc(CN2CCc3nc([C@@H]4CCCN4)ncc3C2)c1. The van der Waals surface area contributed by atoms with Gasteiger partial charge in [-0.15, -0.1) is 0 Å². The summed E-state index contributed by atoms with van der Waals surface area (Å²) in [6.07, 6.45) is 5.40. The number of halogens is 1. The van der Waals surface area contributed by atoms with Crippen LogP contribution in [-0.2, 0) is 19.5 Å². The molecule has 1 saturated heterocycles. The fourth-order valence-electron chi connectivity index (χ4n) is 3.49. The summed E-state index contributed by atoms with van der Waals surface area (Å²) in [6, 6.07) is 8.46. The maximum atomic E-state index is 6.08. The molecule has 0 bridgehead atoms. The van der Waals surface area contributed by atoms with Crippen molar-refractivity contribution in [2.75, 3.05) is 13.1 Å². The lowest BCUT2D eigenvalue weighted by Gasteiger charge is -2.28. The van der Waals surface area contributed by atoms with Crippen LogP contribution >= 0.6 is 11.6 Å². The van der Waals surface area contributed by atoms with Crippen molar-refractivity contribution in [3.8, 4) is 0 Å². The molecule has 3 heterocycles. The second-order valence-electron chi connectivity index (χ2n) is 6.44. The summed E-state index contributed by atoms with van der Waals surface area (Å²) in [7, 11) is 0. The first kappa shape index (κ1) is 15.1. The van der Waals surface area contributed by atoms with E-state index in [0.717, 1.165) is 49.9 Å². The molecule has 4 nitrogen and oxygen atoms in total. The average Bonchev–Trinajstić information content (AvgIpc) is 3.09. The minimum absolute atomic E-state index is 0.352. The van der Waals surface area contributed by atoms with Gasteiger partial charge in [-0.1, -0.05) is 23.7 Å². The van der Waals surface area contributed by atoms with Crippen molar-refractivity contribution in [3.63, 3.8) is 0 Å². The van der Waals surface area contributed by atoms with Crippen LogP contribution in [0.5, 0.6) is 0 Å². The van der Waals surface area contributed by atoms with Gasteiger partial charge in [-0.2, -0.15) is 0 Å². The van der Waals surface area contributed by atoms with Gasteiger partial charge in [-0.3, -0.25) is 4.90 Å². The lowest BCUT2D eigenvalue weighted by atomic mass is 10.1. The largest absolute Gasteiger partial charge is 0.307 e. The zero-order chi connectivity index (χ0) is 15.6. The molecule has 0 radical (unpaired) electrons.